The number of hydrogen-bond donors (Lipinski definition) is 2. The third-order valence-electron chi connectivity index (χ3n) is 7.08. The molecule has 6 aromatic rings. The summed E-state index contributed by atoms with van der Waals surface area (Å²) in [6, 6.07) is 15.7. The Labute approximate surface area is 216 Å². The van der Waals surface area contributed by atoms with Crippen LogP contribution in [0.3, 0.4) is 0 Å². The third-order valence-corrected chi connectivity index (χ3v) is 7.99. The Bertz CT molecular complexity index is 1730. The summed E-state index contributed by atoms with van der Waals surface area (Å²) in [4.78, 5) is 13.3. The fraction of sp³-hybridized carbons (Fsp3) is 0.207. The number of benzene rings is 1. The third kappa shape index (κ3) is 4.17. The Kier molecular flexibility index (Phi) is 5.47. The summed E-state index contributed by atoms with van der Waals surface area (Å²) in [5, 5.41) is 9.30. The lowest BCUT2D eigenvalue weighted by molar-refractivity contribution is 0.155. The monoisotopic (exact) mass is 509 g/mol. The van der Waals surface area contributed by atoms with Crippen molar-refractivity contribution in [3.63, 3.8) is 0 Å². The number of aromatic nitrogens is 5. The molecule has 0 radical (unpaired) electrons. The van der Waals surface area contributed by atoms with E-state index < -0.39 is 0 Å². The van der Waals surface area contributed by atoms with Crippen LogP contribution < -0.4 is 4.74 Å². The molecule has 7 rings (SSSR count). The molecular formula is C29H24FN5OS. The van der Waals surface area contributed by atoms with Gasteiger partial charge in [-0.15, -0.1) is 11.3 Å². The zero-order valence-corrected chi connectivity index (χ0v) is 20.8. The first kappa shape index (κ1) is 22.2. The summed E-state index contributed by atoms with van der Waals surface area (Å²) in [7, 11) is 0. The number of nitrogens with zero attached hydrogens (tertiary/aromatic N) is 3. The van der Waals surface area contributed by atoms with E-state index in [2.05, 4.69) is 43.3 Å². The Morgan fingerprint density at radius 3 is 2.70 bits per heavy atom. The summed E-state index contributed by atoms with van der Waals surface area (Å²) in [6.07, 6.45) is 11.8. The quantitative estimate of drug-likeness (QED) is 0.249. The minimum Gasteiger partial charge on any atom is -0.490 e. The van der Waals surface area contributed by atoms with Gasteiger partial charge < -0.3 is 9.72 Å². The topological polar surface area (TPSA) is 79.5 Å². The molecule has 37 heavy (non-hydrogen) atoms. The van der Waals surface area contributed by atoms with Crippen LogP contribution in [0.15, 0.2) is 67.1 Å². The smallest absolute Gasteiger partial charge is 0.176 e. The standard InChI is InChI=1S/C29H24FN5OS/c30-27-10-9-26(37-27)23-15-31-16-25-21(23)13-24(33-25)28-22-12-18(14-32-29(22)35-34-28)17-5-4-8-20(11-17)36-19-6-2-1-3-7-19/h4-5,8-16,19,33H,1-3,6-7H2,(H,32,34,35). The number of nitrogens with one attached hydrogen (secondary N) is 2. The average molecular weight is 510 g/mol. The average Bonchev–Trinajstić information content (AvgIpc) is 3.66. The maximum Gasteiger partial charge on any atom is 0.176 e. The van der Waals surface area contributed by atoms with Crippen molar-refractivity contribution < 1.29 is 9.13 Å². The molecule has 8 heteroatoms. The minimum atomic E-state index is -0.215. The van der Waals surface area contributed by atoms with E-state index in [9.17, 15) is 4.39 Å². The van der Waals surface area contributed by atoms with E-state index >= 15 is 0 Å². The highest BCUT2D eigenvalue weighted by molar-refractivity contribution is 7.14. The number of hydrogen-bond acceptors (Lipinski definition) is 5. The fourth-order valence-corrected chi connectivity index (χ4v) is 5.98. The summed E-state index contributed by atoms with van der Waals surface area (Å²) < 4.78 is 20.0. The first-order chi connectivity index (χ1) is 18.2. The number of thiophene rings is 1. The van der Waals surface area contributed by atoms with Gasteiger partial charge in [0, 0.05) is 39.2 Å². The highest BCUT2D eigenvalue weighted by Crippen LogP contribution is 2.36. The van der Waals surface area contributed by atoms with Crippen molar-refractivity contribution in [1.82, 2.24) is 25.1 Å². The van der Waals surface area contributed by atoms with E-state index in [-0.39, 0.29) is 5.13 Å². The van der Waals surface area contributed by atoms with Crippen LogP contribution in [0.4, 0.5) is 4.39 Å². The number of pyridine rings is 2. The van der Waals surface area contributed by atoms with Crippen molar-refractivity contribution in [2.75, 3.05) is 0 Å². The molecule has 6 nitrogen and oxygen atoms in total. The molecule has 1 aromatic carbocycles. The van der Waals surface area contributed by atoms with Gasteiger partial charge in [-0.3, -0.25) is 10.1 Å². The Hall–Kier alpha value is -4.04. The van der Waals surface area contributed by atoms with Crippen LogP contribution >= 0.6 is 11.3 Å². The van der Waals surface area contributed by atoms with E-state index in [0.717, 1.165) is 79.2 Å². The Morgan fingerprint density at radius 1 is 0.919 bits per heavy atom. The van der Waals surface area contributed by atoms with Crippen LogP contribution in [0.1, 0.15) is 32.1 Å². The van der Waals surface area contributed by atoms with Crippen LogP contribution in [-0.2, 0) is 0 Å². The van der Waals surface area contributed by atoms with Crippen LogP contribution in [0, 0.1) is 5.13 Å². The lowest BCUT2D eigenvalue weighted by atomic mass is 9.98. The lowest BCUT2D eigenvalue weighted by Gasteiger charge is -2.23. The van der Waals surface area contributed by atoms with E-state index in [1.54, 1.807) is 18.5 Å². The van der Waals surface area contributed by atoms with Crippen LogP contribution in [-0.4, -0.2) is 31.3 Å². The highest BCUT2D eigenvalue weighted by Gasteiger charge is 2.17. The predicted octanol–water partition coefficient (Wildman–Crippen LogP) is 7.75. The molecular weight excluding hydrogens is 485 g/mol. The molecule has 184 valence electrons. The predicted molar refractivity (Wildman–Crippen MR) is 145 cm³/mol. The number of halogens is 1. The molecule has 0 bridgehead atoms. The van der Waals surface area contributed by atoms with Gasteiger partial charge in [-0.1, -0.05) is 18.6 Å². The minimum absolute atomic E-state index is 0.215. The second kappa shape index (κ2) is 9.12. The molecule has 1 aliphatic rings. The molecule has 0 saturated heterocycles. The zero-order valence-electron chi connectivity index (χ0n) is 20.0. The number of aromatic amines is 2. The lowest BCUT2D eigenvalue weighted by Crippen LogP contribution is -2.19. The van der Waals surface area contributed by atoms with Gasteiger partial charge >= 0.3 is 0 Å². The molecule has 2 N–H and O–H groups in total. The Balaban J connectivity index is 1.26. The second-order valence-electron chi connectivity index (χ2n) is 9.53. The fourth-order valence-electron chi connectivity index (χ4n) is 5.23. The van der Waals surface area contributed by atoms with Gasteiger partial charge in [-0.05, 0) is 67.6 Å². The van der Waals surface area contributed by atoms with Gasteiger partial charge in [-0.2, -0.15) is 9.49 Å². The summed E-state index contributed by atoms with van der Waals surface area (Å²) in [5.74, 6) is 0.901. The zero-order chi connectivity index (χ0) is 24.8. The first-order valence-electron chi connectivity index (χ1n) is 12.6. The molecule has 0 atom stereocenters. The molecule has 0 unspecified atom stereocenters. The van der Waals surface area contributed by atoms with E-state index in [0.29, 0.717) is 11.8 Å². The summed E-state index contributed by atoms with van der Waals surface area (Å²) in [5.41, 5.74) is 6.15. The number of ether oxygens (including phenoxy) is 1. The molecule has 1 fully saturated rings. The number of fused-ring (bicyclic) bond motifs is 2. The van der Waals surface area contributed by atoms with Gasteiger partial charge in [0.05, 0.1) is 23.5 Å². The van der Waals surface area contributed by atoms with Crippen molar-refractivity contribution in [2.24, 2.45) is 0 Å². The summed E-state index contributed by atoms with van der Waals surface area (Å²) >= 11 is 1.11. The number of rotatable bonds is 5. The summed E-state index contributed by atoms with van der Waals surface area (Å²) in [6.45, 7) is 0. The maximum absolute atomic E-state index is 13.7. The largest absolute Gasteiger partial charge is 0.490 e. The van der Waals surface area contributed by atoms with Crippen molar-refractivity contribution in [3.8, 4) is 38.7 Å². The van der Waals surface area contributed by atoms with Gasteiger partial charge in [0.25, 0.3) is 0 Å². The van der Waals surface area contributed by atoms with Crippen molar-refractivity contribution in [3.05, 3.63) is 72.3 Å². The molecule has 0 aliphatic heterocycles. The highest BCUT2D eigenvalue weighted by atomic mass is 32.1. The van der Waals surface area contributed by atoms with Crippen LogP contribution in [0.5, 0.6) is 5.75 Å². The van der Waals surface area contributed by atoms with Crippen LogP contribution in [0.25, 0.3) is 54.9 Å². The second-order valence-corrected chi connectivity index (χ2v) is 10.6. The molecule has 1 saturated carbocycles. The molecule has 5 aromatic heterocycles. The Morgan fingerprint density at radius 2 is 1.84 bits per heavy atom. The van der Waals surface area contributed by atoms with Crippen molar-refractivity contribution in [1.29, 1.82) is 0 Å². The van der Waals surface area contributed by atoms with Crippen LogP contribution in [0.2, 0.25) is 0 Å². The van der Waals surface area contributed by atoms with E-state index in [1.165, 1.54) is 25.3 Å². The van der Waals surface area contributed by atoms with Gasteiger partial charge in [-0.25, -0.2) is 4.98 Å². The van der Waals surface area contributed by atoms with E-state index in [4.69, 9.17) is 4.74 Å². The molecule has 0 spiro atoms. The van der Waals surface area contributed by atoms with Crippen molar-refractivity contribution >= 4 is 33.3 Å². The maximum atomic E-state index is 13.7. The number of H-pyrrole nitrogens is 2. The molecule has 5 heterocycles. The normalized spacial score (nSPS) is 14.5. The van der Waals surface area contributed by atoms with Gasteiger partial charge in [0.1, 0.15) is 11.4 Å². The van der Waals surface area contributed by atoms with Gasteiger partial charge in [0.2, 0.25) is 0 Å². The SMILES string of the molecule is Fc1ccc(-c2cncc3[nH]c(-c4n[nH]c5ncc(-c6cccc(OC7CCCCC7)c6)cc45)cc23)s1. The van der Waals surface area contributed by atoms with Crippen molar-refractivity contribution in [2.45, 2.75) is 38.2 Å². The van der Waals surface area contributed by atoms with E-state index in [1.807, 2.05) is 24.4 Å². The molecule has 0 amide bonds. The first-order valence-corrected chi connectivity index (χ1v) is 13.4. The molecule has 1 aliphatic carbocycles. The van der Waals surface area contributed by atoms with Gasteiger partial charge in [0.15, 0.2) is 10.8 Å².